The van der Waals surface area contributed by atoms with Crippen molar-refractivity contribution in [3.8, 4) is 44.8 Å². The Bertz CT molecular complexity index is 2880. The molecule has 0 unspecified atom stereocenters. The summed E-state index contributed by atoms with van der Waals surface area (Å²) in [6, 6.07) is 66.8. The first-order valence-electron chi connectivity index (χ1n) is 18.0. The second-order valence-electron chi connectivity index (χ2n) is 14.0. The molecule has 8 aromatic carbocycles. The van der Waals surface area contributed by atoms with Gasteiger partial charge in [0.1, 0.15) is 0 Å². The summed E-state index contributed by atoms with van der Waals surface area (Å²) >= 11 is 0. The summed E-state index contributed by atoms with van der Waals surface area (Å²) in [5.41, 5.74) is 17.0. The quantitative estimate of drug-likeness (QED) is 0.173. The molecule has 2 aromatic heterocycles. The van der Waals surface area contributed by atoms with Crippen LogP contribution in [0.5, 0.6) is 0 Å². The zero-order chi connectivity index (χ0) is 34.8. The largest absolute Gasteiger partial charge is 0.309 e. The van der Waals surface area contributed by atoms with Crippen molar-refractivity contribution in [3.63, 3.8) is 0 Å². The van der Waals surface area contributed by atoms with Gasteiger partial charge in [0.2, 0.25) is 0 Å². The van der Waals surface area contributed by atoms with Crippen LogP contribution in [0.3, 0.4) is 0 Å². The van der Waals surface area contributed by atoms with E-state index in [9.17, 15) is 0 Å². The Morgan fingerprint density at radius 3 is 1.15 bits per heavy atom. The average Bonchev–Trinajstić information content (AvgIpc) is 3.70. The average molecular weight is 665 g/mol. The highest BCUT2D eigenvalue weighted by atomic mass is 15.0. The number of hydrogen-bond acceptors (Lipinski definition) is 0. The highest BCUT2D eigenvalue weighted by molar-refractivity contribution is 6.12. The van der Waals surface area contributed by atoms with E-state index < -0.39 is 0 Å². The van der Waals surface area contributed by atoms with Crippen LogP contribution in [0, 0.1) is 13.8 Å². The van der Waals surface area contributed by atoms with Crippen LogP contribution in [0.2, 0.25) is 0 Å². The van der Waals surface area contributed by atoms with Gasteiger partial charge in [0.25, 0.3) is 0 Å². The van der Waals surface area contributed by atoms with E-state index in [2.05, 4.69) is 205 Å². The number of nitrogens with zero attached hydrogens (tertiary/aromatic N) is 2. The highest BCUT2D eigenvalue weighted by Crippen LogP contribution is 2.40. The minimum atomic E-state index is 1.15. The first-order valence-corrected chi connectivity index (χ1v) is 18.0. The number of aromatic nitrogens is 2. The molecule has 2 heteroatoms. The lowest BCUT2D eigenvalue weighted by atomic mass is 9.98. The van der Waals surface area contributed by atoms with Gasteiger partial charge in [-0.1, -0.05) is 115 Å². The molecule has 10 rings (SSSR count). The smallest absolute Gasteiger partial charge is 0.0541 e. The maximum Gasteiger partial charge on any atom is 0.0541 e. The standard InChI is InChI=1S/C50H36N2/c1-33-25-34(2)27-41(26-33)51-47-19-11-9-17-43(47)45-31-37(21-23-49(45)51)38-22-24-50-46(32-38)44-18-10-12-20-48(44)52(50)42-29-39(35-13-5-3-6-14-35)28-40(30-42)36-15-7-4-8-16-36/h3-32H,1-2H3. The molecular formula is C50H36N2. The number of para-hydroxylation sites is 2. The third kappa shape index (κ3) is 4.95. The molecule has 0 aliphatic carbocycles. The number of fused-ring (bicyclic) bond motifs is 6. The van der Waals surface area contributed by atoms with Crippen molar-refractivity contribution >= 4 is 43.6 Å². The Morgan fingerprint density at radius 2 is 0.673 bits per heavy atom. The van der Waals surface area contributed by atoms with E-state index in [0.29, 0.717) is 0 Å². The fourth-order valence-electron chi connectivity index (χ4n) is 8.28. The van der Waals surface area contributed by atoms with E-state index in [0.717, 1.165) is 5.69 Å². The maximum absolute atomic E-state index is 2.44. The predicted octanol–water partition coefficient (Wildman–Crippen LogP) is 13.5. The summed E-state index contributed by atoms with van der Waals surface area (Å²) in [4.78, 5) is 0. The molecule has 0 spiro atoms. The minimum absolute atomic E-state index is 1.15. The van der Waals surface area contributed by atoms with Crippen LogP contribution in [0.25, 0.3) is 88.4 Å². The van der Waals surface area contributed by atoms with Gasteiger partial charge in [-0.3, -0.25) is 0 Å². The summed E-state index contributed by atoms with van der Waals surface area (Å²) in [5.74, 6) is 0. The lowest BCUT2D eigenvalue weighted by Crippen LogP contribution is -1.96. The monoisotopic (exact) mass is 664 g/mol. The highest BCUT2D eigenvalue weighted by Gasteiger charge is 2.17. The summed E-state index contributed by atoms with van der Waals surface area (Å²) in [6.07, 6.45) is 0. The fraction of sp³-hybridized carbons (Fsp3) is 0.0400. The Kier molecular flexibility index (Phi) is 6.97. The van der Waals surface area contributed by atoms with Crippen LogP contribution in [-0.2, 0) is 0 Å². The second-order valence-corrected chi connectivity index (χ2v) is 14.0. The van der Waals surface area contributed by atoms with Crippen molar-refractivity contribution in [2.24, 2.45) is 0 Å². The second kappa shape index (κ2) is 12.0. The van der Waals surface area contributed by atoms with Gasteiger partial charge in [0, 0.05) is 32.9 Å². The summed E-state index contributed by atoms with van der Waals surface area (Å²) in [5, 5.41) is 5.03. The number of benzene rings is 8. The third-order valence-corrected chi connectivity index (χ3v) is 10.5. The molecule has 0 aliphatic heterocycles. The Hall–Kier alpha value is -6.64. The first-order chi connectivity index (χ1) is 25.6. The topological polar surface area (TPSA) is 9.86 Å². The van der Waals surface area contributed by atoms with E-state index in [4.69, 9.17) is 0 Å². The zero-order valence-electron chi connectivity index (χ0n) is 29.2. The van der Waals surface area contributed by atoms with Crippen molar-refractivity contribution < 1.29 is 0 Å². The zero-order valence-corrected chi connectivity index (χ0v) is 29.2. The van der Waals surface area contributed by atoms with Crippen molar-refractivity contribution in [1.82, 2.24) is 9.13 Å². The van der Waals surface area contributed by atoms with Crippen LogP contribution in [0.4, 0.5) is 0 Å². The van der Waals surface area contributed by atoms with Gasteiger partial charge >= 0.3 is 0 Å². The van der Waals surface area contributed by atoms with Crippen LogP contribution in [0.1, 0.15) is 11.1 Å². The van der Waals surface area contributed by atoms with Gasteiger partial charge in [0.05, 0.1) is 22.1 Å². The molecule has 2 nitrogen and oxygen atoms in total. The summed E-state index contributed by atoms with van der Waals surface area (Å²) < 4.78 is 4.85. The van der Waals surface area contributed by atoms with E-state index in [1.54, 1.807) is 0 Å². The van der Waals surface area contributed by atoms with E-state index >= 15 is 0 Å². The SMILES string of the molecule is Cc1cc(C)cc(-n2c3ccccc3c3cc(-c4ccc5c(c4)c4ccccc4n5-c4cc(-c5ccccc5)cc(-c5ccccc5)c4)ccc32)c1. The summed E-state index contributed by atoms with van der Waals surface area (Å²) in [7, 11) is 0. The summed E-state index contributed by atoms with van der Waals surface area (Å²) in [6.45, 7) is 4.36. The van der Waals surface area contributed by atoms with Crippen molar-refractivity contribution in [3.05, 3.63) is 193 Å². The molecule has 0 saturated heterocycles. The van der Waals surface area contributed by atoms with Gasteiger partial charge < -0.3 is 9.13 Å². The van der Waals surface area contributed by atoms with E-state index in [1.165, 1.54) is 93.8 Å². The first kappa shape index (κ1) is 30.2. The van der Waals surface area contributed by atoms with Crippen molar-refractivity contribution in [2.75, 3.05) is 0 Å². The molecule has 0 amide bonds. The molecule has 10 aromatic rings. The Labute approximate surface area is 303 Å². The molecule has 2 heterocycles. The van der Waals surface area contributed by atoms with Gasteiger partial charge in [-0.15, -0.1) is 0 Å². The molecule has 0 fully saturated rings. The van der Waals surface area contributed by atoms with Crippen LogP contribution in [-0.4, -0.2) is 9.13 Å². The van der Waals surface area contributed by atoms with E-state index in [-0.39, 0.29) is 0 Å². The Balaban J connectivity index is 1.17. The van der Waals surface area contributed by atoms with Gasteiger partial charge in [-0.2, -0.15) is 0 Å². The van der Waals surface area contributed by atoms with E-state index in [1.807, 2.05) is 0 Å². The molecule has 246 valence electrons. The van der Waals surface area contributed by atoms with Crippen LogP contribution < -0.4 is 0 Å². The van der Waals surface area contributed by atoms with Gasteiger partial charge in [-0.25, -0.2) is 0 Å². The predicted molar refractivity (Wildman–Crippen MR) is 221 cm³/mol. The van der Waals surface area contributed by atoms with Gasteiger partial charge in [0.15, 0.2) is 0 Å². The maximum atomic E-state index is 2.44. The molecular weight excluding hydrogens is 629 g/mol. The number of rotatable bonds is 5. The third-order valence-electron chi connectivity index (χ3n) is 10.5. The molecule has 0 N–H and O–H groups in total. The van der Waals surface area contributed by atoms with Crippen molar-refractivity contribution in [2.45, 2.75) is 13.8 Å². The van der Waals surface area contributed by atoms with Crippen LogP contribution >= 0.6 is 0 Å². The molecule has 0 saturated carbocycles. The molecule has 0 aliphatic rings. The molecule has 0 atom stereocenters. The Morgan fingerprint density at radius 1 is 0.269 bits per heavy atom. The molecule has 52 heavy (non-hydrogen) atoms. The fourth-order valence-corrected chi connectivity index (χ4v) is 8.28. The van der Waals surface area contributed by atoms with Gasteiger partial charge in [-0.05, 0) is 125 Å². The lowest BCUT2D eigenvalue weighted by molar-refractivity contribution is 1.16. The lowest BCUT2D eigenvalue weighted by Gasteiger charge is -2.14. The molecule has 0 bridgehead atoms. The minimum Gasteiger partial charge on any atom is -0.309 e. The van der Waals surface area contributed by atoms with Crippen LogP contribution in [0.15, 0.2) is 182 Å². The number of aryl methyl sites for hydroxylation is 2. The number of hydrogen-bond donors (Lipinski definition) is 0. The normalized spacial score (nSPS) is 11.7. The van der Waals surface area contributed by atoms with Crippen molar-refractivity contribution in [1.29, 1.82) is 0 Å². The molecule has 0 radical (unpaired) electrons.